The molecule has 0 aliphatic carbocycles. The molecule has 20 heavy (non-hydrogen) atoms. The van der Waals surface area contributed by atoms with Crippen LogP contribution in [0.15, 0.2) is 41.5 Å². The lowest BCUT2D eigenvalue weighted by Gasteiger charge is -2.25. The van der Waals surface area contributed by atoms with Crippen LogP contribution in [-0.4, -0.2) is 18.4 Å². The van der Waals surface area contributed by atoms with Crippen LogP contribution in [0.25, 0.3) is 0 Å². The van der Waals surface area contributed by atoms with Crippen LogP contribution in [0.5, 0.6) is 5.88 Å². The highest BCUT2D eigenvalue weighted by Gasteiger charge is 2.25. The van der Waals surface area contributed by atoms with Crippen LogP contribution in [-0.2, 0) is 10.2 Å². The first kappa shape index (κ1) is 16.2. The molecule has 0 aromatic carbocycles. The molecule has 1 aromatic heterocycles. The van der Waals surface area contributed by atoms with Gasteiger partial charge in [-0.2, -0.15) is 0 Å². The SMILES string of the molecule is COc1cccc(C(C)(/C=C(\C)C=O)CC=C(C)C)n1. The monoisotopic (exact) mass is 273 g/mol. The highest BCUT2D eigenvalue weighted by atomic mass is 16.5. The van der Waals surface area contributed by atoms with E-state index >= 15 is 0 Å². The zero-order valence-corrected chi connectivity index (χ0v) is 12.9. The molecule has 3 nitrogen and oxygen atoms in total. The van der Waals surface area contributed by atoms with Gasteiger partial charge in [-0.3, -0.25) is 4.79 Å². The average molecular weight is 273 g/mol. The highest BCUT2D eigenvalue weighted by molar-refractivity contribution is 5.72. The van der Waals surface area contributed by atoms with E-state index in [4.69, 9.17) is 4.74 Å². The van der Waals surface area contributed by atoms with Gasteiger partial charge in [0.2, 0.25) is 5.88 Å². The maximum absolute atomic E-state index is 10.9. The fourth-order valence-electron chi connectivity index (χ4n) is 2.04. The fraction of sp³-hybridized carbons (Fsp3) is 0.412. The normalized spacial score (nSPS) is 14.3. The van der Waals surface area contributed by atoms with Gasteiger partial charge in [-0.25, -0.2) is 4.98 Å². The first-order chi connectivity index (χ1) is 9.41. The van der Waals surface area contributed by atoms with Gasteiger partial charge in [-0.05, 0) is 38.8 Å². The zero-order chi connectivity index (χ0) is 15.2. The molecule has 0 saturated carbocycles. The van der Waals surface area contributed by atoms with Gasteiger partial charge in [0.05, 0.1) is 12.8 Å². The molecule has 1 atom stereocenters. The minimum Gasteiger partial charge on any atom is -0.481 e. The predicted octanol–water partition coefficient (Wildman–Crippen LogP) is 3.85. The number of carbonyl (C=O) groups is 1. The summed E-state index contributed by atoms with van der Waals surface area (Å²) in [5.41, 5.74) is 2.53. The molecule has 0 fully saturated rings. The Hall–Kier alpha value is -1.90. The summed E-state index contributed by atoms with van der Waals surface area (Å²) in [5.74, 6) is 0.586. The van der Waals surface area contributed by atoms with E-state index in [1.807, 2.05) is 31.2 Å². The summed E-state index contributed by atoms with van der Waals surface area (Å²) in [5, 5.41) is 0. The number of nitrogens with zero attached hydrogens (tertiary/aromatic N) is 1. The summed E-state index contributed by atoms with van der Waals surface area (Å²) in [7, 11) is 1.60. The van der Waals surface area contributed by atoms with Crippen LogP contribution in [0.3, 0.4) is 0 Å². The molecule has 1 aromatic rings. The van der Waals surface area contributed by atoms with Crippen molar-refractivity contribution in [3.63, 3.8) is 0 Å². The van der Waals surface area contributed by atoms with E-state index in [-0.39, 0.29) is 5.41 Å². The van der Waals surface area contributed by atoms with Crippen molar-refractivity contribution >= 4 is 6.29 Å². The number of aromatic nitrogens is 1. The lowest BCUT2D eigenvalue weighted by atomic mass is 9.80. The smallest absolute Gasteiger partial charge is 0.213 e. The standard InChI is InChI=1S/C17H23NO2/c1-13(2)9-10-17(4,11-14(3)12-19)15-7-6-8-16(18-15)20-5/h6-9,11-12H,10H2,1-5H3/b14-11+. The Morgan fingerprint density at radius 1 is 1.35 bits per heavy atom. The molecule has 1 heterocycles. The number of aldehydes is 1. The molecule has 0 radical (unpaired) electrons. The summed E-state index contributed by atoms with van der Waals surface area (Å²) >= 11 is 0. The lowest BCUT2D eigenvalue weighted by Crippen LogP contribution is -2.21. The molecular weight excluding hydrogens is 250 g/mol. The molecular formula is C17H23NO2. The highest BCUT2D eigenvalue weighted by Crippen LogP contribution is 2.31. The molecule has 3 heteroatoms. The first-order valence-corrected chi connectivity index (χ1v) is 6.71. The van der Waals surface area contributed by atoms with Gasteiger partial charge in [0.25, 0.3) is 0 Å². The second-order valence-electron chi connectivity index (χ2n) is 5.47. The third-order valence-electron chi connectivity index (χ3n) is 3.18. The average Bonchev–Trinajstić information content (AvgIpc) is 2.45. The van der Waals surface area contributed by atoms with E-state index < -0.39 is 0 Å². The Morgan fingerprint density at radius 2 is 2.05 bits per heavy atom. The Morgan fingerprint density at radius 3 is 2.60 bits per heavy atom. The number of rotatable bonds is 6. The second kappa shape index (κ2) is 7.04. The summed E-state index contributed by atoms with van der Waals surface area (Å²) in [6.45, 7) is 8.03. The van der Waals surface area contributed by atoms with Crippen molar-refractivity contribution in [2.75, 3.05) is 7.11 Å². The van der Waals surface area contributed by atoms with Gasteiger partial charge in [0.1, 0.15) is 6.29 Å². The number of methoxy groups -OCH3 is 1. The van der Waals surface area contributed by atoms with Gasteiger partial charge in [0, 0.05) is 11.5 Å². The summed E-state index contributed by atoms with van der Waals surface area (Å²) < 4.78 is 5.19. The van der Waals surface area contributed by atoms with E-state index in [0.29, 0.717) is 11.5 Å². The topological polar surface area (TPSA) is 39.2 Å². The van der Waals surface area contributed by atoms with Gasteiger partial charge in [0.15, 0.2) is 0 Å². The molecule has 0 bridgehead atoms. The maximum atomic E-state index is 10.9. The minimum absolute atomic E-state index is 0.323. The van der Waals surface area contributed by atoms with Crippen LogP contribution in [0.4, 0.5) is 0 Å². The van der Waals surface area contributed by atoms with Crippen molar-refractivity contribution < 1.29 is 9.53 Å². The third kappa shape index (κ3) is 4.34. The number of hydrogen-bond acceptors (Lipinski definition) is 3. The van der Waals surface area contributed by atoms with Crippen molar-refractivity contribution in [2.45, 2.75) is 39.5 Å². The predicted molar refractivity (Wildman–Crippen MR) is 82.0 cm³/mol. The molecule has 0 aliphatic heterocycles. The molecule has 0 saturated heterocycles. The van der Waals surface area contributed by atoms with Gasteiger partial charge < -0.3 is 4.74 Å². The van der Waals surface area contributed by atoms with E-state index in [0.717, 1.165) is 18.4 Å². The van der Waals surface area contributed by atoms with Gasteiger partial charge >= 0.3 is 0 Å². The van der Waals surface area contributed by atoms with E-state index in [9.17, 15) is 4.79 Å². The fourth-order valence-corrected chi connectivity index (χ4v) is 2.04. The van der Waals surface area contributed by atoms with E-state index in [1.165, 1.54) is 5.57 Å². The number of allylic oxidation sites excluding steroid dienone is 4. The molecule has 0 N–H and O–H groups in total. The Bertz CT molecular complexity index is 528. The van der Waals surface area contributed by atoms with Crippen molar-refractivity contribution in [3.05, 3.63) is 47.2 Å². The quantitative estimate of drug-likeness (QED) is 0.449. The van der Waals surface area contributed by atoms with Crippen LogP contribution < -0.4 is 4.74 Å². The summed E-state index contributed by atoms with van der Waals surface area (Å²) in [6, 6.07) is 5.71. The zero-order valence-electron chi connectivity index (χ0n) is 12.9. The van der Waals surface area contributed by atoms with Crippen molar-refractivity contribution in [1.29, 1.82) is 0 Å². The number of pyridine rings is 1. The van der Waals surface area contributed by atoms with Crippen molar-refractivity contribution in [2.24, 2.45) is 0 Å². The summed E-state index contributed by atoms with van der Waals surface area (Å²) in [4.78, 5) is 15.5. The molecule has 108 valence electrons. The first-order valence-electron chi connectivity index (χ1n) is 6.71. The van der Waals surface area contributed by atoms with E-state index in [1.54, 1.807) is 7.11 Å². The number of ether oxygens (including phenoxy) is 1. The molecule has 0 spiro atoms. The Kier molecular flexibility index (Phi) is 5.68. The maximum Gasteiger partial charge on any atom is 0.213 e. The van der Waals surface area contributed by atoms with Crippen LogP contribution >= 0.6 is 0 Å². The van der Waals surface area contributed by atoms with Crippen LogP contribution in [0.1, 0.15) is 39.8 Å². The van der Waals surface area contributed by atoms with Crippen molar-refractivity contribution in [1.82, 2.24) is 4.98 Å². The van der Waals surface area contributed by atoms with Gasteiger partial charge in [-0.1, -0.05) is 30.7 Å². The Labute approximate surface area is 121 Å². The van der Waals surface area contributed by atoms with Crippen molar-refractivity contribution in [3.8, 4) is 5.88 Å². The lowest BCUT2D eigenvalue weighted by molar-refractivity contribution is -0.104. The van der Waals surface area contributed by atoms with Crippen LogP contribution in [0.2, 0.25) is 0 Å². The largest absolute Gasteiger partial charge is 0.481 e. The van der Waals surface area contributed by atoms with E-state index in [2.05, 4.69) is 31.8 Å². The van der Waals surface area contributed by atoms with Crippen LogP contribution in [0, 0.1) is 0 Å². The molecule has 0 amide bonds. The number of hydrogen-bond donors (Lipinski definition) is 0. The number of carbonyl (C=O) groups excluding carboxylic acids is 1. The second-order valence-corrected chi connectivity index (χ2v) is 5.47. The molecule has 1 rings (SSSR count). The third-order valence-corrected chi connectivity index (χ3v) is 3.18. The Balaban J connectivity index is 3.28. The molecule has 1 unspecified atom stereocenters. The molecule has 0 aliphatic rings. The minimum atomic E-state index is -0.323. The van der Waals surface area contributed by atoms with Gasteiger partial charge in [-0.15, -0.1) is 0 Å². The summed E-state index contributed by atoms with van der Waals surface area (Å²) in [6.07, 6.45) is 5.80.